The highest BCUT2D eigenvalue weighted by Crippen LogP contribution is 2.44. The van der Waals surface area contributed by atoms with Crippen molar-refractivity contribution >= 4 is 22.9 Å². The molecule has 0 saturated heterocycles. The summed E-state index contributed by atoms with van der Waals surface area (Å²) >= 11 is 0. The molecule has 2 aromatic heterocycles. The second-order valence-electron chi connectivity index (χ2n) is 8.04. The molecule has 4 rings (SSSR count). The lowest BCUT2D eigenvalue weighted by molar-refractivity contribution is -0.140. The molecular formula is C27H28FN3O4. The van der Waals surface area contributed by atoms with Crippen molar-refractivity contribution in [2.75, 3.05) is 26.1 Å². The number of carbonyl (C=O) groups excluding carboxylic acids is 1. The number of benzene rings is 2. The van der Waals surface area contributed by atoms with Gasteiger partial charge in [-0.2, -0.15) is 0 Å². The molecule has 0 atom stereocenters. The Hall–Kier alpha value is -3.94. The number of alkyl halides is 1. The summed E-state index contributed by atoms with van der Waals surface area (Å²) < 4.78 is 30.1. The summed E-state index contributed by atoms with van der Waals surface area (Å²) in [5.74, 6) is 1.72. The quantitative estimate of drug-likeness (QED) is 0.204. The van der Waals surface area contributed by atoms with Crippen LogP contribution in [0.5, 0.6) is 5.75 Å². The molecule has 8 heteroatoms. The summed E-state index contributed by atoms with van der Waals surface area (Å²) in [4.78, 5) is 20.1. The summed E-state index contributed by atoms with van der Waals surface area (Å²) in [6.45, 7) is 0.0501. The van der Waals surface area contributed by atoms with Gasteiger partial charge < -0.3 is 19.2 Å². The molecule has 0 aliphatic carbocycles. The number of halogens is 1. The number of hydrogen-bond donors (Lipinski definition) is 1. The van der Waals surface area contributed by atoms with Gasteiger partial charge in [0.1, 0.15) is 30.3 Å². The molecule has 0 aliphatic rings. The van der Waals surface area contributed by atoms with Gasteiger partial charge in [-0.25, -0.2) is 14.4 Å². The number of carbonyl (C=O) groups is 1. The monoisotopic (exact) mass is 477 g/mol. The first-order valence-corrected chi connectivity index (χ1v) is 11.5. The highest BCUT2D eigenvalue weighted by atomic mass is 19.1. The van der Waals surface area contributed by atoms with Crippen molar-refractivity contribution in [1.82, 2.24) is 9.97 Å². The Morgan fingerprint density at radius 3 is 2.57 bits per heavy atom. The molecule has 2 heterocycles. The van der Waals surface area contributed by atoms with E-state index in [-0.39, 0.29) is 5.97 Å². The summed E-state index contributed by atoms with van der Waals surface area (Å²) in [5, 5.41) is 4.12. The van der Waals surface area contributed by atoms with Gasteiger partial charge in [-0.3, -0.25) is 4.79 Å². The van der Waals surface area contributed by atoms with Crippen molar-refractivity contribution < 1.29 is 23.1 Å². The topological polar surface area (TPSA) is 86.5 Å². The maximum absolute atomic E-state index is 13.9. The Balaban J connectivity index is 1.71. The molecule has 182 valence electrons. The largest absolute Gasteiger partial charge is 0.497 e. The molecule has 2 aromatic carbocycles. The van der Waals surface area contributed by atoms with Crippen molar-refractivity contribution in [3.8, 4) is 28.2 Å². The van der Waals surface area contributed by atoms with Gasteiger partial charge in [-0.05, 0) is 36.1 Å². The van der Waals surface area contributed by atoms with Gasteiger partial charge in [0.15, 0.2) is 0 Å². The zero-order chi connectivity index (χ0) is 24.6. The maximum atomic E-state index is 13.9. The number of rotatable bonds is 11. The summed E-state index contributed by atoms with van der Waals surface area (Å²) in [6, 6.07) is 14.9. The highest BCUT2D eigenvalue weighted by Gasteiger charge is 2.23. The fourth-order valence-corrected chi connectivity index (χ4v) is 4.03. The van der Waals surface area contributed by atoms with E-state index < -0.39 is 6.67 Å². The fourth-order valence-electron chi connectivity index (χ4n) is 4.03. The highest BCUT2D eigenvalue weighted by molar-refractivity contribution is 6.06. The van der Waals surface area contributed by atoms with Gasteiger partial charge in [0.2, 0.25) is 5.71 Å². The van der Waals surface area contributed by atoms with Crippen molar-refractivity contribution in [1.29, 1.82) is 0 Å². The van der Waals surface area contributed by atoms with Crippen molar-refractivity contribution in [3.05, 3.63) is 60.4 Å². The molecule has 1 N–H and O–H groups in total. The molecule has 35 heavy (non-hydrogen) atoms. The first-order chi connectivity index (χ1) is 17.2. The zero-order valence-electron chi connectivity index (χ0n) is 19.8. The molecule has 0 bridgehead atoms. The minimum Gasteiger partial charge on any atom is -0.497 e. The van der Waals surface area contributed by atoms with Crippen LogP contribution in [-0.4, -0.2) is 36.7 Å². The van der Waals surface area contributed by atoms with Gasteiger partial charge in [0.05, 0.1) is 19.6 Å². The lowest BCUT2D eigenvalue weighted by Gasteiger charge is -2.10. The third-order valence-corrected chi connectivity index (χ3v) is 5.85. The minimum atomic E-state index is -0.613. The average Bonchev–Trinajstić information content (AvgIpc) is 3.30. The number of fused-ring (bicyclic) bond motifs is 1. The lowest BCUT2D eigenvalue weighted by Crippen LogP contribution is -2.05. The van der Waals surface area contributed by atoms with Crippen molar-refractivity contribution in [2.45, 2.75) is 32.4 Å². The van der Waals surface area contributed by atoms with E-state index in [1.54, 1.807) is 19.2 Å². The third kappa shape index (κ3) is 5.42. The summed E-state index contributed by atoms with van der Waals surface area (Å²) in [5.41, 5.74) is 3.30. The fraction of sp³-hybridized carbons (Fsp3) is 0.296. The van der Waals surface area contributed by atoms with E-state index in [1.165, 1.54) is 13.4 Å². The average molecular weight is 478 g/mol. The van der Waals surface area contributed by atoms with Crippen LogP contribution in [0.4, 0.5) is 10.2 Å². The van der Waals surface area contributed by atoms with Crippen LogP contribution in [-0.2, 0) is 16.2 Å². The van der Waals surface area contributed by atoms with Crippen LogP contribution < -0.4 is 10.1 Å². The number of nitrogens with one attached hydrogen (secondary N) is 1. The molecule has 0 fully saturated rings. The van der Waals surface area contributed by atoms with E-state index in [2.05, 4.69) is 20.0 Å². The number of methoxy groups -OCH3 is 2. The number of ether oxygens (including phenoxy) is 2. The molecule has 0 unspecified atom stereocenters. The number of furan rings is 1. The minimum absolute atomic E-state index is 0.195. The van der Waals surface area contributed by atoms with E-state index in [1.807, 2.05) is 36.4 Å². The van der Waals surface area contributed by atoms with Crippen LogP contribution in [0.15, 0.2) is 59.3 Å². The molecule has 0 saturated carbocycles. The Morgan fingerprint density at radius 1 is 1.03 bits per heavy atom. The molecule has 0 radical (unpaired) electrons. The Bertz CT molecular complexity index is 1290. The van der Waals surface area contributed by atoms with Gasteiger partial charge in [-0.15, -0.1) is 0 Å². The van der Waals surface area contributed by atoms with Gasteiger partial charge in [0.25, 0.3) is 0 Å². The Kier molecular flexibility index (Phi) is 7.92. The van der Waals surface area contributed by atoms with E-state index in [9.17, 15) is 9.18 Å². The number of esters is 1. The lowest BCUT2D eigenvalue weighted by atomic mass is 9.96. The van der Waals surface area contributed by atoms with E-state index in [0.29, 0.717) is 41.4 Å². The van der Waals surface area contributed by atoms with E-state index >= 15 is 0 Å². The van der Waals surface area contributed by atoms with Crippen LogP contribution in [0.3, 0.4) is 0 Å². The predicted octanol–water partition coefficient (Wildman–Crippen LogP) is 6.18. The maximum Gasteiger partial charge on any atom is 0.305 e. The Labute approximate surface area is 203 Å². The zero-order valence-corrected chi connectivity index (χ0v) is 19.8. The number of hydrogen-bond acceptors (Lipinski definition) is 7. The van der Waals surface area contributed by atoms with Gasteiger partial charge in [0, 0.05) is 24.1 Å². The number of anilines is 1. The SMILES string of the molecule is COC(=O)CCCCCNc1ncnc2oc(-c3ccccc3CF)c(-c3ccc(OC)cc3)c12. The smallest absolute Gasteiger partial charge is 0.305 e. The molecule has 7 nitrogen and oxygen atoms in total. The molecule has 0 spiro atoms. The third-order valence-electron chi connectivity index (χ3n) is 5.85. The van der Waals surface area contributed by atoms with E-state index in [0.717, 1.165) is 41.5 Å². The second kappa shape index (κ2) is 11.5. The van der Waals surface area contributed by atoms with Gasteiger partial charge in [-0.1, -0.05) is 42.8 Å². The van der Waals surface area contributed by atoms with Crippen LogP contribution in [0.25, 0.3) is 33.6 Å². The van der Waals surface area contributed by atoms with E-state index in [4.69, 9.17) is 9.15 Å². The van der Waals surface area contributed by atoms with Crippen molar-refractivity contribution in [2.24, 2.45) is 0 Å². The van der Waals surface area contributed by atoms with Crippen LogP contribution in [0, 0.1) is 0 Å². The molecule has 0 amide bonds. The summed E-state index contributed by atoms with van der Waals surface area (Å²) in [7, 11) is 3.02. The number of unbranched alkanes of at least 4 members (excludes halogenated alkanes) is 2. The van der Waals surface area contributed by atoms with Crippen LogP contribution in [0.1, 0.15) is 31.2 Å². The normalized spacial score (nSPS) is 10.9. The molecule has 0 aliphatic heterocycles. The summed E-state index contributed by atoms with van der Waals surface area (Å²) in [6.07, 6.45) is 4.36. The second-order valence-corrected chi connectivity index (χ2v) is 8.04. The van der Waals surface area contributed by atoms with Gasteiger partial charge >= 0.3 is 5.97 Å². The predicted molar refractivity (Wildman–Crippen MR) is 133 cm³/mol. The number of nitrogens with zero attached hydrogens (tertiary/aromatic N) is 2. The molecular weight excluding hydrogens is 449 g/mol. The van der Waals surface area contributed by atoms with Crippen LogP contribution in [0.2, 0.25) is 0 Å². The standard InChI is InChI=1S/C27H28FN3O4/c1-33-20-13-11-18(12-14-20)23-24-26(29-15-7-3-4-10-22(32)34-2)30-17-31-27(24)35-25(23)21-9-6-5-8-19(21)16-28/h5-6,8-9,11-14,17H,3-4,7,10,15-16H2,1-2H3,(H,29,30,31). The first-order valence-electron chi connectivity index (χ1n) is 11.5. The molecule has 4 aromatic rings. The number of aromatic nitrogens is 2. The van der Waals surface area contributed by atoms with Crippen molar-refractivity contribution in [3.63, 3.8) is 0 Å². The Morgan fingerprint density at radius 2 is 1.83 bits per heavy atom. The first kappa shape index (κ1) is 24.2. The van der Waals surface area contributed by atoms with Crippen LogP contribution >= 0.6 is 0 Å².